The molecule has 0 unspecified atom stereocenters. The fraction of sp³-hybridized carbons (Fsp3) is 0.0476. The summed E-state index contributed by atoms with van der Waals surface area (Å²) >= 11 is 0. The number of hydrogen-bond acceptors (Lipinski definition) is 8. The largest absolute Gasteiger partial charge is 0.355 e. The van der Waals surface area contributed by atoms with Gasteiger partial charge in [0, 0.05) is 42.2 Å². The van der Waals surface area contributed by atoms with Gasteiger partial charge in [-0.1, -0.05) is 11.0 Å². The number of hydrogen-bond donors (Lipinski definition) is 4. The van der Waals surface area contributed by atoms with E-state index in [1.165, 1.54) is 43.7 Å². The van der Waals surface area contributed by atoms with Crippen molar-refractivity contribution >= 4 is 32.7 Å². The van der Waals surface area contributed by atoms with Crippen LogP contribution >= 0.6 is 0 Å². The molecule has 12 heteroatoms. The highest BCUT2D eigenvalue weighted by molar-refractivity contribution is 7.89. The minimum Gasteiger partial charge on any atom is -0.355 e. The Labute approximate surface area is 188 Å². The molecule has 3 aromatic heterocycles. The molecule has 0 spiro atoms. The lowest BCUT2D eigenvalue weighted by atomic mass is 10.1. The zero-order valence-corrected chi connectivity index (χ0v) is 18.0. The number of carbonyl (C=O) groups is 1. The number of aromatic nitrogens is 3. The van der Waals surface area contributed by atoms with Crippen LogP contribution < -0.4 is 15.7 Å². The molecule has 0 saturated heterocycles. The molecule has 0 bridgehead atoms. The van der Waals surface area contributed by atoms with E-state index >= 15 is 0 Å². The van der Waals surface area contributed by atoms with E-state index in [-0.39, 0.29) is 16.4 Å². The second-order valence-corrected chi connectivity index (χ2v) is 8.37. The summed E-state index contributed by atoms with van der Waals surface area (Å²) in [5, 5.41) is 12.1. The first kappa shape index (κ1) is 21.9. The molecule has 0 saturated carbocycles. The van der Waals surface area contributed by atoms with Gasteiger partial charge in [-0.2, -0.15) is 10.2 Å². The molecule has 3 heterocycles. The van der Waals surface area contributed by atoms with E-state index in [1.807, 2.05) is 11.0 Å². The molecule has 1 aromatic carbocycles. The third-order valence-corrected chi connectivity index (χ3v) is 5.87. The van der Waals surface area contributed by atoms with Crippen LogP contribution in [0.4, 0.5) is 5.69 Å². The topological polar surface area (TPSA) is 162 Å². The molecule has 0 fully saturated rings. The number of anilines is 1. The second kappa shape index (κ2) is 9.05. The molecule has 0 aliphatic carbocycles. The summed E-state index contributed by atoms with van der Waals surface area (Å²) in [5.41, 5.74) is 4.97. The molecule has 166 valence electrons. The number of H-pyrrole nitrogens is 1. The number of pyridine rings is 2. The van der Waals surface area contributed by atoms with Crippen molar-refractivity contribution in [3.05, 3.63) is 72.2 Å². The van der Waals surface area contributed by atoms with Crippen LogP contribution in [0.5, 0.6) is 0 Å². The van der Waals surface area contributed by atoms with Crippen molar-refractivity contribution in [2.24, 2.45) is 0 Å². The quantitative estimate of drug-likeness (QED) is 0.303. The van der Waals surface area contributed by atoms with Gasteiger partial charge >= 0.3 is 0 Å². The molecule has 11 nitrogen and oxygen atoms in total. The maximum atomic E-state index is 12.6. The van der Waals surface area contributed by atoms with Gasteiger partial charge in [0.2, 0.25) is 0 Å². The predicted octanol–water partition coefficient (Wildman–Crippen LogP) is 2.09. The van der Waals surface area contributed by atoms with Crippen molar-refractivity contribution in [1.82, 2.24) is 25.2 Å². The SMILES string of the molecule is CNC(=O)c1ccnc(-c2cnc3[nH]ccc3c2NONS(=O)(=O)c2cccc(C#N)c2)c1. The van der Waals surface area contributed by atoms with Crippen LogP contribution in [-0.4, -0.2) is 36.3 Å². The van der Waals surface area contributed by atoms with Crippen molar-refractivity contribution in [2.75, 3.05) is 12.5 Å². The van der Waals surface area contributed by atoms with Crippen molar-refractivity contribution in [1.29, 1.82) is 5.26 Å². The van der Waals surface area contributed by atoms with E-state index in [2.05, 4.69) is 25.7 Å². The average molecular weight is 463 g/mol. The number of nitriles is 1. The van der Waals surface area contributed by atoms with Crippen molar-refractivity contribution in [3.63, 3.8) is 0 Å². The summed E-state index contributed by atoms with van der Waals surface area (Å²) in [6, 6.07) is 12.3. The van der Waals surface area contributed by atoms with Crippen LogP contribution in [0.3, 0.4) is 0 Å². The lowest BCUT2D eigenvalue weighted by Gasteiger charge is -2.13. The van der Waals surface area contributed by atoms with Gasteiger partial charge in [-0.25, -0.2) is 18.9 Å². The zero-order chi connectivity index (χ0) is 23.4. The number of aromatic amines is 1. The lowest BCUT2D eigenvalue weighted by molar-refractivity contribution is 0.0963. The fourth-order valence-corrected chi connectivity index (χ4v) is 3.87. The standard InChI is InChI=1S/C21H17N7O4S/c1-23-21(29)14-5-7-24-18(10-14)17-12-26-20-16(6-8-25-20)19(17)27-32-28-33(30,31)15-4-2-3-13(9-15)11-22/h2-10,12,28H,1H3,(H,23,29)(H2,25,26,27). The summed E-state index contributed by atoms with van der Waals surface area (Å²) in [7, 11) is -2.56. The van der Waals surface area contributed by atoms with Crippen LogP contribution in [-0.2, 0) is 15.0 Å². The number of rotatable bonds is 7. The monoisotopic (exact) mass is 463 g/mol. The first-order valence-electron chi connectivity index (χ1n) is 9.51. The zero-order valence-electron chi connectivity index (χ0n) is 17.2. The predicted molar refractivity (Wildman–Crippen MR) is 119 cm³/mol. The van der Waals surface area contributed by atoms with Crippen LogP contribution in [0.15, 0.2) is 66.0 Å². The normalized spacial score (nSPS) is 11.2. The summed E-state index contributed by atoms with van der Waals surface area (Å²) < 4.78 is 25.1. The van der Waals surface area contributed by atoms with Crippen molar-refractivity contribution in [3.8, 4) is 17.3 Å². The minimum atomic E-state index is -4.08. The van der Waals surface area contributed by atoms with Gasteiger partial charge in [0.25, 0.3) is 15.9 Å². The van der Waals surface area contributed by atoms with Gasteiger partial charge in [-0.05, 0) is 36.4 Å². The first-order valence-corrected chi connectivity index (χ1v) is 11.0. The highest BCUT2D eigenvalue weighted by atomic mass is 32.2. The van der Waals surface area contributed by atoms with Gasteiger partial charge in [-0.15, -0.1) is 0 Å². The fourth-order valence-electron chi connectivity index (χ4n) is 3.08. The summed E-state index contributed by atoms with van der Waals surface area (Å²) in [5.74, 6) is -0.285. The molecule has 0 radical (unpaired) electrons. The molecule has 0 aliphatic heterocycles. The van der Waals surface area contributed by atoms with Gasteiger partial charge in [0.15, 0.2) is 0 Å². The third-order valence-electron chi connectivity index (χ3n) is 4.69. The van der Waals surface area contributed by atoms with Gasteiger partial charge < -0.3 is 10.3 Å². The Morgan fingerprint density at radius 2 is 2.03 bits per heavy atom. The van der Waals surface area contributed by atoms with Crippen LogP contribution in [0.1, 0.15) is 15.9 Å². The molecule has 0 atom stereocenters. The number of carbonyl (C=O) groups excluding carboxylic acids is 1. The maximum absolute atomic E-state index is 12.6. The first-order chi connectivity index (χ1) is 15.9. The highest BCUT2D eigenvalue weighted by Gasteiger charge is 2.18. The Morgan fingerprint density at radius 1 is 1.18 bits per heavy atom. The Bertz CT molecular complexity index is 1490. The highest BCUT2D eigenvalue weighted by Crippen LogP contribution is 2.32. The molecule has 4 rings (SSSR count). The molecule has 4 aromatic rings. The summed E-state index contributed by atoms with van der Waals surface area (Å²) in [6.45, 7) is 0. The third kappa shape index (κ3) is 4.51. The van der Waals surface area contributed by atoms with E-state index in [9.17, 15) is 13.2 Å². The smallest absolute Gasteiger partial charge is 0.264 e. The van der Waals surface area contributed by atoms with E-state index in [0.717, 1.165) is 0 Å². The van der Waals surface area contributed by atoms with Crippen LogP contribution in [0.25, 0.3) is 22.3 Å². The lowest BCUT2D eigenvalue weighted by Crippen LogP contribution is -2.27. The number of fused-ring (bicyclic) bond motifs is 1. The van der Waals surface area contributed by atoms with Gasteiger partial charge in [-0.3, -0.25) is 9.78 Å². The molecular formula is C21H17N7O4S. The summed E-state index contributed by atoms with van der Waals surface area (Å²) in [4.78, 5) is 30.6. The number of nitrogens with one attached hydrogen (secondary N) is 4. The number of benzene rings is 1. The minimum absolute atomic E-state index is 0.134. The Morgan fingerprint density at radius 3 is 2.82 bits per heavy atom. The van der Waals surface area contributed by atoms with E-state index < -0.39 is 10.0 Å². The average Bonchev–Trinajstić information content (AvgIpc) is 3.33. The van der Waals surface area contributed by atoms with Crippen LogP contribution in [0.2, 0.25) is 0 Å². The molecule has 1 amide bonds. The van der Waals surface area contributed by atoms with Crippen molar-refractivity contribution in [2.45, 2.75) is 4.90 Å². The molecule has 0 aliphatic rings. The van der Waals surface area contributed by atoms with E-state index in [1.54, 1.807) is 24.4 Å². The van der Waals surface area contributed by atoms with E-state index in [0.29, 0.717) is 33.5 Å². The number of nitrogens with zero attached hydrogens (tertiary/aromatic N) is 3. The number of amides is 1. The van der Waals surface area contributed by atoms with Crippen LogP contribution in [0, 0.1) is 11.3 Å². The van der Waals surface area contributed by atoms with E-state index in [4.69, 9.17) is 10.2 Å². The molecule has 4 N–H and O–H groups in total. The van der Waals surface area contributed by atoms with Crippen molar-refractivity contribution < 1.29 is 18.2 Å². The summed E-state index contributed by atoms with van der Waals surface area (Å²) in [6.07, 6.45) is 4.67. The van der Waals surface area contributed by atoms with Gasteiger partial charge in [0.05, 0.1) is 27.9 Å². The second-order valence-electron chi connectivity index (χ2n) is 6.73. The molecular weight excluding hydrogens is 446 g/mol. The Hall–Kier alpha value is -4.31. The molecule has 33 heavy (non-hydrogen) atoms. The van der Waals surface area contributed by atoms with Gasteiger partial charge in [0.1, 0.15) is 5.65 Å². The Balaban J connectivity index is 1.65. The maximum Gasteiger partial charge on any atom is 0.264 e. The Kier molecular flexibility index (Phi) is 6.01. The number of sulfonamides is 1.